The van der Waals surface area contributed by atoms with Gasteiger partial charge in [0.2, 0.25) is 0 Å². The lowest BCUT2D eigenvalue weighted by molar-refractivity contribution is 0.128. The van der Waals surface area contributed by atoms with Crippen LogP contribution in [0.2, 0.25) is 0 Å². The van der Waals surface area contributed by atoms with Crippen LogP contribution in [-0.4, -0.2) is 29.9 Å². The molecular formula is C21H25NO2S. The maximum Gasteiger partial charge on any atom is 0.119 e. The minimum absolute atomic E-state index is 0.0767. The number of benzene rings is 2. The van der Waals surface area contributed by atoms with Crippen molar-refractivity contribution in [1.82, 2.24) is 0 Å². The summed E-state index contributed by atoms with van der Waals surface area (Å²) in [5.41, 5.74) is 2.40. The van der Waals surface area contributed by atoms with E-state index in [2.05, 4.69) is 29.2 Å². The van der Waals surface area contributed by atoms with Crippen molar-refractivity contribution in [3.63, 3.8) is 0 Å². The van der Waals surface area contributed by atoms with Gasteiger partial charge < -0.3 is 14.7 Å². The Labute approximate surface area is 155 Å². The van der Waals surface area contributed by atoms with Crippen LogP contribution in [0.15, 0.2) is 54.6 Å². The molecule has 1 aliphatic rings. The summed E-state index contributed by atoms with van der Waals surface area (Å²) in [4.78, 5) is 3.00. The number of hydrogen-bond donors (Lipinski definition) is 1. The van der Waals surface area contributed by atoms with Crippen molar-refractivity contribution in [1.29, 1.82) is 0 Å². The van der Waals surface area contributed by atoms with Crippen molar-refractivity contribution < 1.29 is 9.84 Å². The molecule has 3 rings (SSSR count). The van der Waals surface area contributed by atoms with Gasteiger partial charge in [-0.1, -0.05) is 42.5 Å². The van der Waals surface area contributed by atoms with E-state index in [1.807, 2.05) is 30.3 Å². The normalized spacial score (nSPS) is 18.4. The number of rotatable bonds is 7. The molecule has 1 fully saturated rings. The van der Waals surface area contributed by atoms with E-state index in [0.717, 1.165) is 48.7 Å². The third-order valence-electron chi connectivity index (χ3n) is 4.90. The van der Waals surface area contributed by atoms with Crippen LogP contribution in [-0.2, 0) is 6.42 Å². The number of aliphatic hydroxyl groups excluding tert-OH is 1. The molecule has 1 heterocycles. The number of anilines is 1. The fraction of sp³-hybridized carbons (Fsp3) is 0.381. The summed E-state index contributed by atoms with van der Waals surface area (Å²) in [5.74, 6) is 0.916. The van der Waals surface area contributed by atoms with E-state index in [0.29, 0.717) is 0 Å². The first-order chi connectivity index (χ1) is 12.2. The summed E-state index contributed by atoms with van der Waals surface area (Å²) in [6.07, 6.45) is 3.32. The highest BCUT2D eigenvalue weighted by atomic mass is 32.1. The minimum Gasteiger partial charge on any atom is -0.497 e. The molecule has 0 bridgehead atoms. The van der Waals surface area contributed by atoms with Crippen LogP contribution in [0.1, 0.15) is 24.8 Å². The summed E-state index contributed by atoms with van der Waals surface area (Å²) in [6.45, 7) is 0.867. The van der Waals surface area contributed by atoms with Crippen molar-refractivity contribution in [3.05, 3.63) is 60.2 Å². The Balaban J connectivity index is 1.53. The van der Waals surface area contributed by atoms with E-state index in [-0.39, 0.29) is 12.0 Å². The third-order valence-corrected chi connectivity index (χ3v) is 5.43. The van der Waals surface area contributed by atoms with Crippen LogP contribution >= 0.6 is 12.2 Å². The molecule has 0 aromatic heterocycles. The van der Waals surface area contributed by atoms with Gasteiger partial charge in [-0.2, -0.15) is 0 Å². The number of methoxy groups -OCH3 is 1. The molecule has 0 amide bonds. The maximum absolute atomic E-state index is 10.6. The first-order valence-corrected chi connectivity index (χ1v) is 9.27. The zero-order chi connectivity index (χ0) is 17.6. The van der Waals surface area contributed by atoms with Crippen LogP contribution in [0.4, 0.5) is 5.69 Å². The second-order valence-electron chi connectivity index (χ2n) is 6.53. The van der Waals surface area contributed by atoms with E-state index in [9.17, 15) is 5.11 Å². The van der Waals surface area contributed by atoms with Gasteiger partial charge >= 0.3 is 0 Å². The molecule has 1 saturated heterocycles. The second kappa shape index (κ2) is 8.45. The van der Waals surface area contributed by atoms with Crippen molar-refractivity contribution in [2.45, 2.75) is 31.8 Å². The van der Waals surface area contributed by atoms with Crippen LogP contribution < -0.4 is 9.64 Å². The van der Waals surface area contributed by atoms with Gasteiger partial charge in [0, 0.05) is 18.2 Å². The van der Waals surface area contributed by atoms with E-state index in [4.69, 9.17) is 17.0 Å². The molecule has 2 aromatic rings. The number of nitrogens with zero attached hydrogens (tertiary/aromatic N) is 1. The van der Waals surface area contributed by atoms with Gasteiger partial charge in [0.05, 0.1) is 18.2 Å². The molecule has 0 unspecified atom stereocenters. The smallest absolute Gasteiger partial charge is 0.119 e. The highest BCUT2D eigenvalue weighted by Crippen LogP contribution is 2.31. The molecule has 0 aliphatic carbocycles. The van der Waals surface area contributed by atoms with Gasteiger partial charge in [-0.25, -0.2) is 0 Å². The number of ether oxygens (including phenoxy) is 1. The van der Waals surface area contributed by atoms with Gasteiger partial charge in [-0.05, 0) is 55.5 Å². The van der Waals surface area contributed by atoms with Crippen LogP contribution in [0, 0.1) is 5.92 Å². The number of aryl methyl sites for hydroxylation is 1. The molecule has 2 atom stereocenters. The first kappa shape index (κ1) is 17.9. The molecule has 1 aliphatic heterocycles. The number of aliphatic hydroxyl groups is 1. The molecule has 2 aromatic carbocycles. The molecule has 25 heavy (non-hydrogen) atoms. The summed E-state index contributed by atoms with van der Waals surface area (Å²) in [7, 11) is 1.66. The first-order valence-electron chi connectivity index (χ1n) is 8.86. The Hall–Kier alpha value is -1.91. The van der Waals surface area contributed by atoms with Crippen LogP contribution in [0.3, 0.4) is 0 Å². The second-order valence-corrected chi connectivity index (χ2v) is 6.95. The topological polar surface area (TPSA) is 32.7 Å². The highest BCUT2D eigenvalue weighted by molar-refractivity contribution is 7.80. The van der Waals surface area contributed by atoms with Crippen LogP contribution in [0.25, 0.3) is 0 Å². The maximum atomic E-state index is 10.6. The average molecular weight is 356 g/mol. The predicted molar refractivity (Wildman–Crippen MR) is 106 cm³/mol. The Morgan fingerprint density at radius 3 is 2.56 bits per heavy atom. The lowest BCUT2D eigenvalue weighted by Gasteiger charge is -2.22. The highest BCUT2D eigenvalue weighted by Gasteiger charge is 2.33. The van der Waals surface area contributed by atoms with E-state index >= 15 is 0 Å². The fourth-order valence-electron chi connectivity index (χ4n) is 3.44. The van der Waals surface area contributed by atoms with Crippen molar-refractivity contribution in [2.24, 2.45) is 5.92 Å². The molecule has 132 valence electrons. The van der Waals surface area contributed by atoms with E-state index < -0.39 is 0 Å². The van der Waals surface area contributed by atoms with Gasteiger partial charge in [0.15, 0.2) is 0 Å². The largest absolute Gasteiger partial charge is 0.497 e. The average Bonchev–Trinajstić information content (AvgIpc) is 3.04. The Kier molecular flexibility index (Phi) is 6.05. The van der Waals surface area contributed by atoms with Gasteiger partial charge in [-0.15, -0.1) is 0 Å². The van der Waals surface area contributed by atoms with Crippen molar-refractivity contribution in [2.75, 3.05) is 18.6 Å². The lowest BCUT2D eigenvalue weighted by atomic mass is 9.95. The molecule has 0 saturated carbocycles. The van der Waals surface area contributed by atoms with E-state index in [1.165, 1.54) is 5.56 Å². The molecule has 3 nitrogen and oxygen atoms in total. The minimum atomic E-state index is -0.362. The zero-order valence-electron chi connectivity index (χ0n) is 14.6. The molecular weight excluding hydrogens is 330 g/mol. The third kappa shape index (κ3) is 4.39. The SMILES string of the molecule is COc1ccc(N2CC[C@@H]([C@@H](O)CCCc3ccccc3)C2=S)cc1. The lowest BCUT2D eigenvalue weighted by Crippen LogP contribution is -2.30. The molecule has 1 N–H and O–H groups in total. The summed E-state index contributed by atoms with van der Waals surface area (Å²) >= 11 is 5.66. The molecule has 0 spiro atoms. The van der Waals surface area contributed by atoms with Crippen molar-refractivity contribution >= 4 is 22.9 Å². The monoisotopic (exact) mass is 355 g/mol. The van der Waals surface area contributed by atoms with Gasteiger partial charge in [-0.3, -0.25) is 0 Å². The quantitative estimate of drug-likeness (QED) is 0.753. The number of hydrogen-bond acceptors (Lipinski definition) is 3. The Morgan fingerprint density at radius 1 is 1.16 bits per heavy atom. The summed E-state index contributed by atoms with van der Waals surface area (Å²) in [6, 6.07) is 18.4. The fourth-order valence-corrected chi connectivity index (χ4v) is 3.91. The van der Waals surface area contributed by atoms with Gasteiger partial charge in [0.25, 0.3) is 0 Å². The zero-order valence-corrected chi connectivity index (χ0v) is 15.4. The van der Waals surface area contributed by atoms with E-state index in [1.54, 1.807) is 7.11 Å². The van der Waals surface area contributed by atoms with Crippen LogP contribution in [0.5, 0.6) is 5.75 Å². The van der Waals surface area contributed by atoms with Gasteiger partial charge in [0.1, 0.15) is 5.75 Å². The summed E-state index contributed by atoms with van der Waals surface area (Å²) < 4.78 is 5.21. The van der Waals surface area contributed by atoms with Crippen molar-refractivity contribution in [3.8, 4) is 5.75 Å². The standard InChI is InChI=1S/C21H25NO2S/c1-24-18-12-10-17(11-13-18)22-15-14-19(21(22)25)20(23)9-5-8-16-6-3-2-4-7-16/h2-4,6-7,10-13,19-20,23H,5,8-9,14-15H2,1H3/t19-,20-/m0/s1. The molecule has 4 heteroatoms. The Bertz CT molecular complexity index is 687. The molecule has 0 radical (unpaired) electrons. The number of thiocarbonyl (C=S) groups is 1. The summed E-state index contributed by atoms with van der Waals surface area (Å²) in [5, 5.41) is 10.6. The Morgan fingerprint density at radius 2 is 1.88 bits per heavy atom. The predicted octanol–water partition coefficient (Wildman–Crippen LogP) is 4.23.